The summed E-state index contributed by atoms with van der Waals surface area (Å²) < 4.78 is 26.4. The van der Waals surface area contributed by atoms with E-state index in [1.807, 2.05) is 19.1 Å². The second-order valence-electron chi connectivity index (χ2n) is 6.66. The number of benzene rings is 2. The zero-order valence-corrected chi connectivity index (χ0v) is 15.2. The van der Waals surface area contributed by atoms with Gasteiger partial charge in [-0.25, -0.2) is 8.78 Å². The van der Waals surface area contributed by atoms with Crippen LogP contribution >= 0.6 is 0 Å². The summed E-state index contributed by atoms with van der Waals surface area (Å²) in [5.41, 5.74) is 1.61. The van der Waals surface area contributed by atoms with Gasteiger partial charge in [-0.1, -0.05) is 6.07 Å². The van der Waals surface area contributed by atoms with Crippen molar-refractivity contribution in [2.45, 2.75) is 13.0 Å². The van der Waals surface area contributed by atoms with E-state index in [4.69, 9.17) is 0 Å². The summed E-state index contributed by atoms with van der Waals surface area (Å²) in [5.74, 6) is -1.56. The average molecular weight is 375 g/mol. The minimum Gasteiger partial charge on any atom is -0.508 e. The van der Waals surface area contributed by atoms with Gasteiger partial charge in [0.05, 0.1) is 6.54 Å². The molecule has 0 radical (unpaired) electrons. The van der Waals surface area contributed by atoms with E-state index in [-0.39, 0.29) is 24.2 Å². The van der Waals surface area contributed by atoms with Gasteiger partial charge in [-0.3, -0.25) is 4.79 Å². The Morgan fingerprint density at radius 3 is 2.37 bits per heavy atom. The molecule has 0 saturated carbocycles. The molecule has 144 valence electrons. The Kier molecular flexibility index (Phi) is 5.91. The number of amides is 1. The summed E-state index contributed by atoms with van der Waals surface area (Å²) >= 11 is 0. The van der Waals surface area contributed by atoms with Crippen molar-refractivity contribution < 1.29 is 18.7 Å². The molecule has 0 aliphatic carbocycles. The summed E-state index contributed by atoms with van der Waals surface area (Å²) in [5, 5.41) is 12.4. The van der Waals surface area contributed by atoms with Crippen LogP contribution < -0.4 is 10.2 Å². The van der Waals surface area contributed by atoms with Crippen molar-refractivity contribution in [3.63, 3.8) is 0 Å². The number of phenols is 1. The first-order valence-electron chi connectivity index (χ1n) is 8.94. The molecule has 1 aliphatic rings. The van der Waals surface area contributed by atoms with Crippen LogP contribution in [0.1, 0.15) is 18.5 Å². The molecule has 1 saturated heterocycles. The summed E-state index contributed by atoms with van der Waals surface area (Å²) in [6.07, 6.45) is 0. The smallest absolute Gasteiger partial charge is 0.236 e. The molecule has 27 heavy (non-hydrogen) atoms. The number of phenolic OH excluding ortho intramolecular Hbond substituents is 1. The van der Waals surface area contributed by atoms with E-state index in [9.17, 15) is 18.7 Å². The molecule has 1 aliphatic heterocycles. The number of nitrogens with zero attached hydrogens (tertiary/aromatic N) is 2. The third-order valence-electron chi connectivity index (χ3n) is 4.85. The highest BCUT2D eigenvalue weighted by Crippen LogP contribution is 2.20. The number of halogens is 2. The van der Waals surface area contributed by atoms with Crippen LogP contribution in [0.25, 0.3) is 0 Å². The normalized spacial score (nSPS) is 15.7. The molecule has 2 aromatic rings. The highest BCUT2D eigenvalue weighted by atomic mass is 19.2. The second kappa shape index (κ2) is 8.35. The van der Waals surface area contributed by atoms with Gasteiger partial charge in [0, 0.05) is 37.9 Å². The van der Waals surface area contributed by atoms with Crippen LogP contribution in [-0.2, 0) is 4.79 Å². The maximum Gasteiger partial charge on any atom is 0.236 e. The molecule has 0 aromatic heterocycles. The van der Waals surface area contributed by atoms with Crippen LogP contribution in [0.2, 0.25) is 0 Å². The van der Waals surface area contributed by atoms with Crippen molar-refractivity contribution in [1.29, 1.82) is 0 Å². The van der Waals surface area contributed by atoms with E-state index in [1.54, 1.807) is 17.0 Å². The number of hydrogen-bond acceptors (Lipinski definition) is 4. The number of carbonyl (C=O) groups is 1. The van der Waals surface area contributed by atoms with Gasteiger partial charge in [-0.2, -0.15) is 0 Å². The Labute approximate surface area is 157 Å². The fourth-order valence-corrected chi connectivity index (χ4v) is 3.13. The number of piperazine rings is 1. The Bertz CT molecular complexity index is 790. The van der Waals surface area contributed by atoms with Gasteiger partial charge in [0.2, 0.25) is 5.91 Å². The summed E-state index contributed by atoms with van der Waals surface area (Å²) in [6, 6.07) is 10.5. The number of aromatic hydroxyl groups is 1. The quantitative estimate of drug-likeness (QED) is 0.844. The standard InChI is InChI=1S/C20H23F2N3O2/c1-14(15-2-7-18(21)19(22)12-15)23-13-20(27)25-10-8-24(9-11-25)16-3-5-17(26)6-4-16/h2-7,12,14,23,26H,8-11,13H2,1H3/t14-/m1/s1. The molecule has 0 bridgehead atoms. The van der Waals surface area contributed by atoms with Crippen molar-refractivity contribution in [1.82, 2.24) is 10.2 Å². The monoisotopic (exact) mass is 375 g/mol. The molecule has 3 rings (SSSR count). The molecule has 1 heterocycles. The SMILES string of the molecule is C[C@@H](NCC(=O)N1CCN(c2ccc(O)cc2)CC1)c1ccc(F)c(F)c1. The molecule has 0 unspecified atom stereocenters. The molecular formula is C20H23F2N3O2. The van der Waals surface area contributed by atoms with Crippen LogP contribution in [0, 0.1) is 11.6 Å². The zero-order chi connectivity index (χ0) is 19.4. The number of hydrogen-bond donors (Lipinski definition) is 2. The zero-order valence-electron chi connectivity index (χ0n) is 15.2. The first-order valence-corrected chi connectivity index (χ1v) is 8.94. The molecule has 1 fully saturated rings. The lowest BCUT2D eigenvalue weighted by atomic mass is 10.1. The Morgan fingerprint density at radius 2 is 1.74 bits per heavy atom. The maximum absolute atomic E-state index is 13.3. The lowest BCUT2D eigenvalue weighted by Gasteiger charge is -2.36. The highest BCUT2D eigenvalue weighted by Gasteiger charge is 2.21. The van der Waals surface area contributed by atoms with Gasteiger partial charge >= 0.3 is 0 Å². The van der Waals surface area contributed by atoms with E-state index >= 15 is 0 Å². The molecule has 2 aromatic carbocycles. The fourth-order valence-electron chi connectivity index (χ4n) is 3.13. The fraction of sp³-hybridized carbons (Fsp3) is 0.350. The van der Waals surface area contributed by atoms with E-state index in [2.05, 4.69) is 10.2 Å². The topological polar surface area (TPSA) is 55.8 Å². The summed E-state index contributed by atoms with van der Waals surface area (Å²) in [7, 11) is 0. The summed E-state index contributed by atoms with van der Waals surface area (Å²) in [4.78, 5) is 16.4. The highest BCUT2D eigenvalue weighted by molar-refractivity contribution is 5.78. The third kappa shape index (κ3) is 4.74. The van der Waals surface area contributed by atoms with Gasteiger partial charge in [0.25, 0.3) is 0 Å². The van der Waals surface area contributed by atoms with Crippen LogP contribution in [0.3, 0.4) is 0 Å². The second-order valence-corrected chi connectivity index (χ2v) is 6.66. The van der Waals surface area contributed by atoms with Crippen LogP contribution in [0.4, 0.5) is 14.5 Å². The van der Waals surface area contributed by atoms with E-state index in [1.165, 1.54) is 6.07 Å². The van der Waals surface area contributed by atoms with Crippen molar-refractivity contribution in [3.8, 4) is 5.75 Å². The van der Waals surface area contributed by atoms with Crippen LogP contribution in [0.15, 0.2) is 42.5 Å². The van der Waals surface area contributed by atoms with E-state index < -0.39 is 11.6 Å². The lowest BCUT2D eigenvalue weighted by molar-refractivity contribution is -0.130. The van der Waals surface area contributed by atoms with Gasteiger partial charge in [-0.05, 0) is 48.9 Å². The molecular weight excluding hydrogens is 352 g/mol. The largest absolute Gasteiger partial charge is 0.508 e. The minimum absolute atomic E-state index is 0.0187. The Balaban J connectivity index is 1.47. The first kappa shape index (κ1) is 19.1. The van der Waals surface area contributed by atoms with E-state index in [0.717, 1.165) is 30.9 Å². The van der Waals surface area contributed by atoms with Gasteiger partial charge < -0.3 is 20.2 Å². The molecule has 0 spiro atoms. The van der Waals surface area contributed by atoms with E-state index in [0.29, 0.717) is 18.7 Å². The van der Waals surface area contributed by atoms with Crippen molar-refractivity contribution in [2.24, 2.45) is 0 Å². The van der Waals surface area contributed by atoms with Crippen molar-refractivity contribution >= 4 is 11.6 Å². The van der Waals surface area contributed by atoms with Crippen molar-refractivity contribution in [2.75, 3.05) is 37.6 Å². The average Bonchev–Trinajstić information content (AvgIpc) is 2.68. The predicted octanol–water partition coefficient (Wildman–Crippen LogP) is 2.67. The Hall–Kier alpha value is -2.67. The maximum atomic E-state index is 13.3. The van der Waals surface area contributed by atoms with Crippen LogP contribution in [-0.4, -0.2) is 48.6 Å². The van der Waals surface area contributed by atoms with Crippen LogP contribution in [0.5, 0.6) is 5.75 Å². The molecule has 5 nitrogen and oxygen atoms in total. The first-order chi connectivity index (χ1) is 12.9. The number of anilines is 1. The number of rotatable bonds is 5. The molecule has 1 amide bonds. The predicted molar refractivity (Wildman–Crippen MR) is 99.7 cm³/mol. The summed E-state index contributed by atoms with van der Waals surface area (Å²) in [6.45, 7) is 4.61. The minimum atomic E-state index is -0.891. The third-order valence-corrected chi connectivity index (χ3v) is 4.85. The van der Waals surface area contributed by atoms with Gasteiger partial charge in [-0.15, -0.1) is 0 Å². The van der Waals surface area contributed by atoms with Gasteiger partial charge in [0.1, 0.15) is 5.75 Å². The molecule has 1 atom stereocenters. The molecule has 7 heteroatoms. The molecule has 2 N–H and O–H groups in total. The Morgan fingerprint density at radius 1 is 1.07 bits per heavy atom. The van der Waals surface area contributed by atoms with Crippen molar-refractivity contribution in [3.05, 3.63) is 59.7 Å². The lowest BCUT2D eigenvalue weighted by Crippen LogP contribution is -2.51. The number of nitrogens with one attached hydrogen (secondary N) is 1. The number of carbonyl (C=O) groups excluding carboxylic acids is 1. The van der Waals surface area contributed by atoms with Gasteiger partial charge in [0.15, 0.2) is 11.6 Å².